The first-order valence-corrected chi connectivity index (χ1v) is 6.41. The van der Waals surface area contributed by atoms with E-state index in [4.69, 9.17) is 10.5 Å². The van der Waals surface area contributed by atoms with E-state index in [2.05, 4.69) is 5.32 Å². The van der Waals surface area contributed by atoms with Crippen molar-refractivity contribution in [1.82, 2.24) is 5.32 Å². The molecule has 0 aliphatic carbocycles. The number of nitrogens with two attached hydrogens (primary N) is 1. The third-order valence-corrected chi connectivity index (χ3v) is 3.03. The molecule has 20 heavy (non-hydrogen) atoms. The molecular formula is C16H18N2O2. The summed E-state index contributed by atoms with van der Waals surface area (Å²) in [4.78, 5) is 11.1. The molecule has 0 atom stereocenters. The van der Waals surface area contributed by atoms with Crippen molar-refractivity contribution in [3.05, 3.63) is 65.2 Å². The van der Waals surface area contributed by atoms with Gasteiger partial charge in [0.2, 0.25) is 5.91 Å². The molecule has 2 aromatic carbocycles. The number of benzene rings is 2. The number of methoxy groups -OCH3 is 1. The molecule has 0 spiro atoms. The lowest BCUT2D eigenvalue weighted by molar-refractivity contribution is 0.1000. The van der Waals surface area contributed by atoms with Gasteiger partial charge in [0.05, 0.1) is 7.11 Å². The van der Waals surface area contributed by atoms with Gasteiger partial charge in [-0.2, -0.15) is 0 Å². The Hall–Kier alpha value is -2.33. The van der Waals surface area contributed by atoms with Gasteiger partial charge in [0, 0.05) is 18.7 Å². The Balaban J connectivity index is 1.88. The largest absolute Gasteiger partial charge is 0.497 e. The number of carbonyl (C=O) groups excluding carboxylic acids is 1. The normalized spacial score (nSPS) is 10.2. The maximum atomic E-state index is 11.1. The second kappa shape index (κ2) is 6.73. The van der Waals surface area contributed by atoms with E-state index >= 15 is 0 Å². The van der Waals surface area contributed by atoms with Crippen LogP contribution < -0.4 is 15.8 Å². The lowest BCUT2D eigenvalue weighted by Gasteiger charge is -2.07. The van der Waals surface area contributed by atoms with Crippen LogP contribution in [0.1, 0.15) is 21.5 Å². The van der Waals surface area contributed by atoms with Gasteiger partial charge in [-0.3, -0.25) is 4.79 Å². The maximum Gasteiger partial charge on any atom is 0.248 e. The van der Waals surface area contributed by atoms with Crippen molar-refractivity contribution in [3.63, 3.8) is 0 Å². The van der Waals surface area contributed by atoms with Crippen LogP contribution in [-0.4, -0.2) is 13.0 Å². The van der Waals surface area contributed by atoms with Crippen molar-refractivity contribution in [1.29, 1.82) is 0 Å². The number of amides is 1. The molecule has 4 nitrogen and oxygen atoms in total. The fraction of sp³-hybridized carbons (Fsp3) is 0.188. The Labute approximate surface area is 118 Å². The first-order valence-electron chi connectivity index (χ1n) is 6.41. The molecule has 0 aliphatic rings. The summed E-state index contributed by atoms with van der Waals surface area (Å²) in [6.45, 7) is 1.44. The molecule has 0 bridgehead atoms. The Bertz CT molecular complexity index is 579. The number of hydrogen-bond acceptors (Lipinski definition) is 3. The van der Waals surface area contributed by atoms with Gasteiger partial charge in [-0.05, 0) is 35.4 Å². The molecule has 104 valence electrons. The van der Waals surface area contributed by atoms with Gasteiger partial charge in [-0.25, -0.2) is 0 Å². The highest BCUT2D eigenvalue weighted by Gasteiger charge is 2.01. The van der Waals surface area contributed by atoms with E-state index in [-0.39, 0.29) is 0 Å². The molecule has 0 heterocycles. The van der Waals surface area contributed by atoms with Crippen molar-refractivity contribution in [3.8, 4) is 5.75 Å². The van der Waals surface area contributed by atoms with Gasteiger partial charge < -0.3 is 15.8 Å². The zero-order valence-corrected chi connectivity index (χ0v) is 11.4. The molecule has 4 heteroatoms. The summed E-state index contributed by atoms with van der Waals surface area (Å²) in [5, 5.41) is 3.33. The van der Waals surface area contributed by atoms with Crippen molar-refractivity contribution < 1.29 is 9.53 Å². The van der Waals surface area contributed by atoms with Crippen LogP contribution in [0.2, 0.25) is 0 Å². The molecule has 0 unspecified atom stereocenters. The van der Waals surface area contributed by atoms with E-state index in [0.29, 0.717) is 12.1 Å². The van der Waals surface area contributed by atoms with E-state index in [1.54, 1.807) is 13.2 Å². The van der Waals surface area contributed by atoms with Crippen LogP contribution in [0.4, 0.5) is 0 Å². The van der Waals surface area contributed by atoms with Crippen molar-refractivity contribution in [2.45, 2.75) is 13.1 Å². The second-order valence-electron chi connectivity index (χ2n) is 4.52. The first-order chi connectivity index (χ1) is 9.69. The third kappa shape index (κ3) is 3.83. The van der Waals surface area contributed by atoms with Crippen LogP contribution in [0.15, 0.2) is 48.5 Å². The Morgan fingerprint density at radius 2 is 1.80 bits per heavy atom. The van der Waals surface area contributed by atoms with E-state index in [1.165, 1.54) is 5.56 Å². The third-order valence-electron chi connectivity index (χ3n) is 3.03. The molecule has 0 aliphatic heterocycles. The Kier molecular flexibility index (Phi) is 4.74. The van der Waals surface area contributed by atoms with Crippen molar-refractivity contribution in [2.24, 2.45) is 5.73 Å². The molecule has 0 aromatic heterocycles. The highest BCUT2D eigenvalue weighted by Crippen LogP contribution is 2.11. The Morgan fingerprint density at radius 1 is 1.10 bits per heavy atom. The minimum atomic E-state index is -0.401. The monoisotopic (exact) mass is 270 g/mol. The fourth-order valence-corrected chi connectivity index (χ4v) is 1.93. The quantitative estimate of drug-likeness (QED) is 0.844. The van der Waals surface area contributed by atoms with Crippen LogP contribution >= 0.6 is 0 Å². The van der Waals surface area contributed by atoms with Gasteiger partial charge in [0.15, 0.2) is 0 Å². The summed E-state index contributed by atoms with van der Waals surface area (Å²) < 4.78 is 5.11. The summed E-state index contributed by atoms with van der Waals surface area (Å²) in [5.41, 5.74) is 8.01. The van der Waals surface area contributed by atoms with E-state index in [9.17, 15) is 4.79 Å². The van der Waals surface area contributed by atoms with Crippen molar-refractivity contribution in [2.75, 3.05) is 7.11 Å². The molecule has 1 amide bonds. The topological polar surface area (TPSA) is 64.3 Å². The molecule has 2 rings (SSSR count). The summed E-state index contributed by atoms with van der Waals surface area (Å²) >= 11 is 0. The number of carbonyl (C=O) groups is 1. The SMILES string of the molecule is COc1ccc(CNCc2cccc(C(N)=O)c2)cc1. The molecular weight excluding hydrogens is 252 g/mol. The number of ether oxygens (including phenoxy) is 1. The van der Waals surface area contributed by atoms with E-state index < -0.39 is 5.91 Å². The predicted octanol–water partition coefficient (Wildman–Crippen LogP) is 2.08. The van der Waals surface area contributed by atoms with Gasteiger partial charge in [0.25, 0.3) is 0 Å². The van der Waals surface area contributed by atoms with Crippen LogP contribution in [0.3, 0.4) is 0 Å². The van der Waals surface area contributed by atoms with Crippen LogP contribution in [-0.2, 0) is 13.1 Å². The van der Waals surface area contributed by atoms with Crippen LogP contribution in [0, 0.1) is 0 Å². The van der Waals surface area contributed by atoms with E-state index in [0.717, 1.165) is 17.9 Å². The lowest BCUT2D eigenvalue weighted by Crippen LogP contribution is -2.14. The molecule has 0 saturated carbocycles. The number of hydrogen-bond donors (Lipinski definition) is 2. The zero-order chi connectivity index (χ0) is 14.4. The van der Waals surface area contributed by atoms with Gasteiger partial charge >= 0.3 is 0 Å². The number of nitrogens with one attached hydrogen (secondary N) is 1. The van der Waals surface area contributed by atoms with Gasteiger partial charge in [0.1, 0.15) is 5.75 Å². The van der Waals surface area contributed by atoms with Crippen LogP contribution in [0.5, 0.6) is 5.75 Å². The summed E-state index contributed by atoms with van der Waals surface area (Å²) in [6.07, 6.45) is 0. The van der Waals surface area contributed by atoms with Gasteiger partial charge in [-0.15, -0.1) is 0 Å². The summed E-state index contributed by atoms with van der Waals surface area (Å²) in [6, 6.07) is 15.2. The molecule has 0 fully saturated rings. The highest BCUT2D eigenvalue weighted by atomic mass is 16.5. The fourth-order valence-electron chi connectivity index (χ4n) is 1.93. The highest BCUT2D eigenvalue weighted by molar-refractivity contribution is 5.92. The van der Waals surface area contributed by atoms with Gasteiger partial charge in [-0.1, -0.05) is 24.3 Å². The first kappa shape index (κ1) is 14.1. The second-order valence-corrected chi connectivity index (χ2v) is 4.52. The average Bonchev–Trinajstić information content (AvgIpc) is 2.48. The standard InChI is InChI=1S/C16H18N2O2/c1-20-15-7-5-12(6-8-15)10-18-11-13-3-2-4-14(9-13)16(17)19/h2-9,18H,10-11H2,1H3,(H2,17,19). The summed E-state index contributed by atoms with van der Waals surface area (Å²) in [7, 11) is 1.65. The summed E-state index contributed by atoms with van der Waals surface area (Å²) in [5.74, 6) is 0.449. The minimum Gasteiger partial charge on any atom is -0.497 e. The minimum absolute atomic E-state index is 0.401. The molecule has 0 radical (unpaired) electrons. The predicted molar refractivity (Wildman–Crippen MR) is 78.5 cm³/mol. The molecule has 3 N–H and O–H groups in total. The van der Waals surface area contributed by atoms with Crippen LogP contribution in [0.25, 0.3) is 0 Å². The zero-order valence-electron chi connectivity index (χ0n) is 11.4. The molecule has 0 saturated heterocycles. The smallest absolute Gasteiger partial charge is 0.248 e. The maximum absolute atomic E-state index is 11.1. The molecule has 2 aromatic rings. The Morgan fingerprint density at radius 3 is 2.45 bits per heavy atom. The lowest BCUT2D eigenvalue weighted by atomic mass is 10.1. The average molecular weight is 270 g/mol. The van der Waals surface area contributed by atoms with E-state index in [1.807, 2.05) is 42.5 Å². The number of primary amides is 1. The number of rotatable bonds is 6. The van der Waals surface area contributed by atoms with Crippen molar-refractivity contribution >= 4 is 5.91 Å².